The van der Waals surface area contributed by atoms with Crippen molar-refractivity contribution in [3.63, 3.8) is 0 Å². The summed E-state index contributed by atoms with van der Waals surface area (Å²) in [5, 5.41) is 9.80. The summed E-state index contributed by atoms with van der Waals surface area (Å²) >= 11 is 6.46. The molecule has 0 aliphatic rings. The third-order valence-corrected chi connectivity index (χ3v) is 3.30. The largest absolute Gasteiger partial charge is 0.507 e. The maximum absolute atomic E-state index is 11.4. The number of carbonyl (C=O) groups excluding carboxylic acids is 1. The third kappa shape index (κ3) is 2.95. The summed E-state index contributed by atoms with van der Waals surface area (Å²) in [5.74, 6) is -0.506. The van der Waals surface area contributed by atoms with Crippen molar-refractivity contribution in [3.05, 3.63) is 28.2 Å². The summed E-state index contributed by atoms with van der Waals surface area (Å²) in [7, 11) is 1.35. The van der Waals surface area contributed by atoms with E-state index in [4.69, 9.17) is 0 Å². The number of esters is 1. The highest BCUT2D eigenvalue weighted by atomic mass is 79.9. The summed E-state index contributed by atoms with van der Waals surface area (Å²) in [5.41, 5.74) is 0.795. The van der Waals surface area contributed by atoms with Crippen LogP contribution in [0.2, 0.25) is 0 Å². The molecule has 1 aromatic rings. The Hall–Kier alpha value is -0.550. The third-order valence-electron chi connectivity index (χ3n) is 2.01. The zero-order valence-corrected chi connectivity index (χ0v) is 11.2. The number of aromatic hydroxyl groups is 1. The van der Waals surface area contributed by atoms with Crippen LogP contribution >= 0.6 is 31.9 Å². The maximum Gasteiger partial charge on any atom is 0.313 e. The van der Waals surface area contributed by atoms with Gasteiger partial charge >= 0.3 is 5.97 Å². The van der Waals surface area contributed by atoms with Crippen molar-refractivity contribution in [3.8, 4) is 5.75 Å². The number of carbonyl (C=O) groups is 1. The molecular weight excluding hydrogens is 328 g/mol. The second-order valence-corrected chi connectivity index (χ2v) is 4.44. The molecule has 0 fully saturated rings. The van der Waals surface area contributed by atoms with Gasteiger partial charge in [-0.15, -0.1) is 0 Å². The molecule has 1 atom stereocenters. The predicted octanol–water partition coefficient (Wildman–Crippen LogP) is 2.81. The van der Waals surface area contributed by atoms with Gasteiger partial charge in [0.1, 0.15) is 5.75 Å². The topological polar surface area (TPSA) is 46.5 Å². The normalized spacial score (nSPS) is 12.2. The molecule has 0 aliphatic carbocycles. The van der Waals surface area contributed by atoms with E-state index in [1.54, 1.807) is 12.1 Å². The Kier molecular flexibility index (Phi) is 4.60. The molecule has 0 aliphatic heterocycles. The minimum atomic E-state index is -0.355. The first-order valence-electron chi connectivity index (χ1n) is 4.22. The summed E-state index contributed by atoms with van der Waals surface area (Å²) in [6.07, 6.45) is 0. The van der Waals surface area contributed by atoms with Crippen LogP contribution in [0.25, 0.3) is 0 Å². The summed E-state index contributed by atoms with van der Waals surface area (Å²) in [6, 6.07) is 4.94. The smallest absolute Gasteiger partial charge is 0.313 e. The van der Waals surface area contributed by atoms with Gasteiger partial charge in [0.25, 0.3) is 0 Å². The molecule has 0 amide bonds. The van der Waals surface area contributed by atoms with E-state index in [1.165, 1.54) is 13.2 Å². The van der Waals surface area contributed by atoms with Crippen molar-refractivity contribution in [2.24, 2.45) is 0 Å². The molecule has 0 aromatic heterocycles. The van der Waals surface area contributed by atoms with E-state index >= 15 is 0 Å². The number of rotatable bonds is 3. The number of hydrogen-bond acceptors (Lipinski definition) is 3. The quantitative estimate of drug-likeness (QED) is 0.681. The molecule has 1 N–H and O–H groups in total. The SMILES string of the molecule is COC(=O)C(CBr)c1ccc(O)c(Br)c1. The summed E-state index contributed by atoms with van der Waals surface area (Å²) < 4.78 is 5.25. The fourth-order valence-electron chi connectivity index (χ4n) is 1.17. The molecule has 1 unspecified atom stereocenters. The second kappa shape index (κ2) is 5.51. The van der Waals surface area contributed by atoms with Crippen LogP contribution in [0.3, 0.4) is 0 Å². The van der Waals surface area contributed by atoms with E-state index in [0.717, 1.165) is 5.56 Å². The Labute approximate surface area is 105 Å². The molecule has 5 heteroatoms. The molecule has 1 aromatic carbocycles. The van der Waals surface area contributed by atoms with Crippen LogP contribution in [0.1, 0.15) is 11.5 Å². The van der Waals surface area contributed by atoms with E-state index in [2.05, 4.69) is 36.6 Å². The average Bonchev–Trinajstić information content (AvgIpc) is 2.24. The van der Waals surface area contributed by atoms with Crippen LogP contribution < -0.4 is 0 Å². The highest BCUT2D eigenvalue weighted by Gasteiger charge is 2.20. The minimum absolute atomic E-state index is 0.150. The Morgan fingerprint density at radius 2 is 2.27 bits per heavy atom. The molecule has 3 nitrogen and oxygen atoms in total. The van der Waals surface area contributed by atoms with Gasteiger partial charge < -0.3 is 9.84 Å². The van der Waals surface area contributed by atoms with Crippen molar-refractivity contribution >= 4 is 37.8 Å². The Morgan fingerprint density at radius 3 is 2.73 bits per heavy atom. The molecule has 0 bridgehead atoms. The lowest BCUT2D eigenvalue weighted by molar-refractivity contribution is -0.141. The summed E-state index contributed by atoms with van der Waals surface area (Å²) in [4.78, 5) is 11.4. The number of benzene rings is 1. The Bertz CT molecular complexity index is 366. The zero-order valence-electron chi connectivity index (χ0n) is 8.04. The molecule has 0 saturated heterocycles. The van der Waals surface area contributed by atoms with Crippen molar-refractivity contribution in [1.82, 2.24) is 0 Å². The fourth-order valence-corrected chi connectivity index (χ4v) is 2.20. The van der Waals surface area contributed by atoms with Crippen LogP contribution in [0, 0.1) is 0 Å². The molecular formula is C10H10Br2O3. The first-order chi connectivity index (χ1) is 7.10. The van der Waals surface area contributed by atoms with E-state index < -0.39 is 0 Å². The predicted molar refractivity (Wildman–Crippen MR) is 64.4 cm³/mol. The highest BCUT2D eigenvalue weighted by molar-refractivity contribution is 9.10. The van der Waals surface area contributed by atoms with Crippen molar-refractivity contribution < 1.29 is 14.6 Å². The van der Waals surface area contributed by atoms with Crippen LogP contribution in [0.4, 0.5) is 0 Å². The number of phenolic OH excluding ortho intramolecular Hbond substituents is 1. The lowest BCUT2D eigenvalue weighted by Gasteiger charge is -2.12. The van der Waals surface area contributed by atoms with Gasteiger partial charge in [0.05, 0.1) is 17.5 Å². The average molecular weight is 338 g/mol. The monoisotopic (exact) mass is 336 g/mol. The minimum Gasteiger partial charge on any atom is -0.507 e. The second-order valence-electron chi connectivity index (χ2n) is 2.94. The van der Waals surface area contributed by atoms with Crippen LogP contribution in [0.5, 0.6) is 5.75 Å². The van der Waals surface area contributed by atoms with E-state index in [0.29, 0.717) is 9.80 Å². The zero-order chi connectivity index (χ0) is 11.4. The molecule has 82 valence electrons. The van der Waals surface area contributed by atoms with Crippen LogP contribution in [0.15, 0.2) is 22.7 Å². The standard InChI is InChI=1S/C10H10Br2O3/c1-15-10(14)7(5-11)6-2-3-9(13)8(12)4-6/h2-4,7,13H,5H2,1H3. The number of phenols is 1. The number of methoxy groups -OCH3 is 1. The highest BCUT2D eigenvalue weighted by Crippen LogP contribution is 2.29. The molecule has 0 radical (unpaired) electrons. The molecule has 15 heavy (non-hydrogen) atoms. The molecule has 0 saturated carbocycles. The van der Waals surface area contributed by atoms with E-state index in [1.807, 2.05) is 0 Å². The first kappa shape index (κ1) is 12.5. The van der Waals surface area contributed by atoms with Crippen LogP contribution in [-0.2, 0) is 9.53 Å². The summed E-state index contributed by atoms with van der Waals surface area (Å²) in [6.45, 7) is 0. The molecule has 1 rings (SSSR count). The number of halogens is 2. The van der Waals surface area contributed by atoms with Gasteiger partial charge in [0.15, 0.2) is 0 Å². The first-order valence-corrected chi connectivity index (χ1v) is 6.13. The Balaban J connectivity index is 3.02. The molecule has 0 spiro atoms. The van der Waals surface area contributed by atoms with Gasteiger partial charge in [-0.1, -0.05) is 22.0 Å². The fraction of sp³-hybridized carbons (Fsp3) is 0.300. The number of ether oxygens (including phenoxy) is 1. The van der Waals surface area contributed by atoms with Gasteiger partial charge in [0, 0.05) is 5.33 Å². The van der Waals surface area contributed by atoms with Gasteiger partial charge in [-0.05, 0) is 33.6 Å². The van der Waals surface area contributed by atoms with Gasteiger partial charge in [-0.3, -0.25) is 4.79 Å². The van der Waals surface area contributed by atoms with Gasteiger partial charge in [0.2, 0.25) is 0 Å². The molecule has 0 heterocycles. The lowest BCUT2D eigenvalue weighted by Crippen LogP contribution is -2.15. The van der Waals surface area contributed by atoms with Crippen LogP contribution in [-0.4, -0.2) is 23.5 Å². The maximum atomic E-state index is 11.4. The Morgan fingerprint density at radius 1 is 1.60 bits per heavy atom. The van der Waals surface area contributed by atoms with Crippen molar-refractivity contribution in [1.29, 1.82) is 0 Å². The number of hydrogen-bond donors (Lipinski definition) is 1. The van der Waals surface area contributed by atoms with Crippen molar-refractivity contribution in [2.75, 3.05) is 12.4 Å². The van der Waals surface area contributed by atoms with Gasteiger partial charge in [-0.2, -0.15) is 0 Å². The van der Waals surface area contributed by atoms with E-state index in [-0.39, 0.29) is 17.6 Å². The van der Waals surface area contributed by atoms with Crippen molar-refractivity contribution in [2.45, 2.75) is 5.92 Å². The number of alkyl halides is 1. The lowest BCUT2D eigenvalue weighted by atomic mass is 10.0. The van der Waals surface area contributed by atoms with Gasteiger partial charge in [-0.25, -0.2) is 0 Å². The van der Waals surface area contributed by atoms with E-state index in [9.17, 15) is 9.90 Å².